The molecule has 0 atom stereocenters. The summed E-state index contributed by atoms with van der Waals surface area (Å²) in [6.07, 6.45) is 1.87. The van der Waals surface area contributed by atoms with E-state index >= 15 is 0 Å². The van der Waals surface area contributed by atoms with Crippen molar-refractivity contribution in [2.45, 2.75) is 27.3 Å². The van der Waals surface area contributed by atoms with E-state index in [1.807, 2.05) is 6.20 Å². The fraction of sp³-hybridized carbons (Fsp3) is 0.700. The second-order valence-electron chi connectivity index (χ2n) is 3.80. The molecule has 0 aliphatic heterocycles. The van der Waals surface area contributed by atoms with Crippen molar-refractivity contribution in [2.24, 2.45) is 5.92 Å². The summed E-state index contributed by atoms with van der Waals surface area (Å²) in [5.41, 5.74) is 0. The van der Waals surface area contributed by atoms with Gasteiger partial charge in [-0.1, -0.05) is 32.4 Å². The Hall–Kier alpha value is -0.120. The van der Waals surface area contributed by atoms with Gasteiger partial charge in [-0.05, 0) is 12.5 Å². The molecule has 0 aromatic carbocycles. The summed E-state index contributed by atoms with van der Waals surface area (Å²) in [4.78, 5) is 7.70. The van der Waals surface area contributed by atoms with E-state index < -0.39 is 0 Å². The smallest absolute Gasteiger partial charge is 0.183 e. The van der Waals surface area contributed by atoms with Crippen LogP contribution in [0.2, 0.25) is 4.47 Å². The van der Waals surface area contributed by atoms with Crippen molar-refractivity contribution in [1.29, 1.82) is 0 Å². The predicted octanol–water partition coefficient (Wildman–Crippen LogP) is 3.27. The highest BCUT2D eigenvalue weighted by molar-refractivity contribution is 7.15. The number of hydrogen-bond donors (Lipinski definition) is 0. The number of nitrogens with zero attached hydrogens (tertiary/aromatic N) is 2. The number of thiazole rings is 1. The Morgan fingerprint density at radius 3 is 2.71 bits per heavy atom. The fourth-order valence-corrected chi connectivity index (χ4v) is 2.42. The Kier molecular flexibility index (Phi) is 4.85. The second kappa shape index (κ2) is 5.69. The summed E-state index contributed by atoms with van der Waals surface area (Å²) < 4.78 is 0.639. The lowest BCUT2D eigenvalue weighted by Crippen LogP contribution is -2.26. The molecule has 2 nitrogen and oxygen atoms in total. The van der Waals surface area contributed by atoms with Crippen molar-refractivity contribution in [3.8, 4) is 0 Å². The molecule has 0 radical (unpaired) electrons. The average molecular weight is 233 g/mol. The number of aromatic nitrogens is 1. The number of hydrogen-bond acceptors (Lipinski definition) is 3. The zero-order valence-corrected chi connectivity index (χ0v) is 10.5. The third-order valence-corrected chi connectivity index (χ3v) is 3.07. The Bertz CT molecular complexity index is 273. The summed E-state index contributed by atoms with van der Waals surface area (Å²) in [7, 11) is 0. The molecule has 0 fully saturated rings. The van der Waals surface area contributed by atoms with Gasteiger partial charge in [0, 0.05) is 24.2 Å². The molecule has 1 aromatic rings. The van der Waals surface area contributed by atoms with Crippen LogP contribution in [0.3, 0.4) is 0 Å². The highest BCUT2D eigenvalue weighted by Crippen LogP contribution is 2.19. The Labute approximate surface area is 94.9 Å². The molecule has 0 aliphatic rings. The van der Waals surface area contributed by atoms with Crippen LogP contribution >= 0.6 is 22.9 Å². The highest BCUT2D eigenvalue weighted by atomic mass is 35.5. The van der Waals surface area contributed by atoms with E-state index in [1.165, 1.54) is 4.88 Å². The first-order valence-corrected chi connectivity index (χ1v) is 6.13. The zero-order valence-electron chi connectivity index (χ0n) is 8.96. The van der Waals surface area contributed by atoms with E-state index in [2.05, 4.69) is 30.7 Å². The van der Waals surface area contributed by atoms with Crippen LogP contribution in [0.15, 0.2) is 6.20 Å². The molecular formula is C10H17ClN2S. The van der Waals surface area contributed by atoms with Crippen molar-refractivity contribution in [1.82, 2.24) is 9.88 Å². The van der Waals surface area contributed by atoms with Crippen LogP contribution in [0.5, 0.6) is 0 Å². The largest absolute Gasteiger partial charge is 0.298 e. The lowest BCUT2D eigenvalue weighted by Gasteiger charge is -2.21. The van der Waals surface area contributed by atoms with E-state index in [0.717, 1.165) is 19.6 Å². The van der Waals surface area contributed by atoms with Crippen LogP contribution in [0.25, 0.3) is 0 Å². The van der Waals surface area contributed by atoms with Gasteiger partial charge in [0.25, 0.3) is 0 Å². The molecule has 0 spiro atoms. The van der Waals surface area contributed by atoms with Gasteiger partial charge in [0.2, 0.25) is 0 Å². The minimum Gasteiger partial charge on any atom is -0.298 e. The third kappa shape index (κ3) is 3.95. The standard InChI is InChI=1S/C10H17ClN2S/c1-4-13(6-8(2)3)7-9-5-12-10(11)14-9/h5,8H,4,6-7H2,1-3H3. The first-order valence-electron chi connectivity index (χ1n) is 4.94. The summed E-state index contributed by atoms with van der Waals surface area (Å²) in [5, 5.41) is 0. The van der Waals surface area contributed by atoms with Crippen molar-refractivity contribution in [3.63, 3.8) is 0 Å². The van der Waals surface area contributed by atoms with E-state index in [4.69, 9.17) is 11.6 Å². The number of rotatable bonds is 5. The molecule has 0 N–H and O–H groups in total. The van der Waals surface area contributed by atoms with E-state index in [9.17, 15) is 0 Å². The molecule has 1 heterocycles. The van der Waals surface area contributed by atoms with Gasteiger partial charge in [0.1, 0.15) is 0 Å². The SMILES string of the molecule is CCN(Cc1cnc(Cl)s1)CC(C)C. The van der Waals surface area contributed by atoms with Crippen LogP contribution < -0.4 is 0 Å². The Balaban J connectivity index is 2.48. The van der Waals surface area contributed by atoms with Gasteiger partial charge in [-0.2, -0.15) is 0 Å². The van der Waals surface area contributed by atoms with Crippen LogP contribution in [0, 0.1) is 5.92 Å². The normalized spacial score (nSPS) is 11.6. The minimum absolute atomic E-state index is 0.639. The maximum atomic E-state index is 5.78. The highest BCUT2D eigenvalue weighted by Gasteiger charge is 2.07. The molecule has 1 rings (SSSR count). The van der Waals surface area contributed by atoms with Gasteiger partial charge < -0.3 is 0 Å². The lowest BCUT2D eigenvalue weighted by atomic mass is 10.2. The maximum absolute atomic E-state index is 5.78. The predicted molar refractivity (Wildman–Crippen MR) is 62.9 cm³/mol. The van der Waals surface area contributed by atoms with E-state index in [0.29, 0.717) is 10.4 Å². The molecule has 1 aromatic heterocycles. The first-order chi connectivity index (χ1) is 6.61. The Morgan fingerprint density at radius 2 is 2.29 bits per heavy atom. The van der Waals surface area contributed by atoms with E-state index in [1.54, 1.807) is 11.3 Å². The molecule has 0 amide bonds. The lowest BCUT2D eigenvalue weighted by molar-refractivity contribution is 0.250. The van der Waals surface area contributed by atoms with Gasteiger partial charge >= 0.3 is 0 Å². The molecule has 0 saturated heterocycles. The van der Waals surface area contributed by atoms with E-state index in [-0.39, 0.29) is 0 Å². The monoisotopic (exact) mass is 232 g/mol. The molecule has 80 valence electrons. The molecule has 0 saturated carbocycles. The average Bonchev–Trinajstić information content (AvgIpc) is 2.49. The van der Waals surface area contributed by atoms with Crippen LogP contribution in [-0.2, 0) is 6.54 Å². The van der Waals surface area contributed by atoms with Crippen molar-refractivity contribution in [3.05, 3.63) is 15.5 Å². The maximum Gasteiger partial charge on any atom is 0.183 e. The van der Waals surface area contributed by atoms with Crippen molar-refractivity contribution >= 4 is 22.9 Å². The summed E-state index contributed by atoms with van der Waals surface area (Å²) >= 11 is 7.35. The summed E-state index contributed by atoms with van der Waals surface area (Å²) in [5.74, 6) is 0.707. The summed E-state index contributed by atoms with van der Waals surface area (Å²) in [6, 6.07) is 0. The molecule has 14 heavy (non-hydrogen) atoms. The van der Waals surface area contributed by atoms with Gasteiger partial charge in [-0.15, -0.1) is 11.3 Å². The van der Waals surface area contributed by atoms with Crippen molar-refractivity contribution in [2.75, 3.05) is 13.1 Å². The van der Waals surface area contributed by atoms with Crippen LogP contribution in [0.4, 0.5) is 0 Å². The molecule has 4 heteroatoms. The van der Waals surface area contributed by atoms with Gasteiger partial charge in [-0.3, -0.25) is 4.90 Å². The van der Waals surface area contributed by atoms with Gasteiger partial charge in [0.05, 0.1) is 0 Å². The minimum atomic E-state index is 0.639. The van der Waals surface area contributed by atoms with Crippen LogP contribution in [-0.4, -0.2) is 23.0 Å². The first kappa shape index (κ1) is 12.0. The van der Waals surface area contributed by atoms with Gasteiger partial charge in [-0.25, -0.2) is 4.98 Å². The zero-order chi connectivity index (χ0) is 10.6. The topological polar surface area (TPSA) is 16.1 Å². The molecule has 0 bridgehead atoms. The molecule has 0 unspecified atom stereocenters. The number of halogens is 1. The fourth-order valence-electron chi connectivity index (χ4n) is 1.40. The Morgan fingerprint density at radius 1 is 1.57 bits per heavy atom. The summed E-state index contributed by atoms with van der Waals surface area (Å²) in [6.45, 7) is 9.84. The third-order valence-electron chi connectivity index (χ3n) is 1.98. The van der Waals surface area contributed by atoms with Crippen LogP contribution in [0.1, 0.15) is 25.6 Å². The second-order valence-corrected chi connectivity index (χ2v) is 5.50. The quantitative estimate of drug-likeness (QED) is 0.775. The molecular weight excluding hydrogens is 216 g/mol. The van der Waals surface area contributed by atoms with Gasteiger partial charge in [0.15, 0.2) is 4.47 Å². The molecule has 0 aliphatic carbocycles. The van der Waals surface area contributed by atoms with Crippen molar-refractivity contribution < 1.29 is 0 Å².